The molecule has 1 aliphatic rings. The molecule has 1 unspecified atom stereocenters. The Kier molecular flexibility index (Phi) is 4.55. The van der Waals surface area contributed by atoms with Gasteiger partial charge in [0.25, 0.3) is 0 Å². The Bertz CT molecular complexity index is 1020. The molecule has 0 spiro atoms. The Labute approximate surface area is 167 Å². The quantitative estimate of drug-likeness (QED) is 0.387. The third kappa shape index (κ3) is 3.23. The van der Waals surface area contributed by atoms with Gasteiger partial charge in [0.05, 0.1) is 30.9 Å². The highest BCUT2D eigenvalue weighted by Gasteiger charge is 2.37. The predicted molar refractivity (Wildman–Crippen MR) is 113 cm³/mol. The summed E-state index contributed by atoms with van der Waals surface area (Å²) in [6.45, 7) is 11.5. The van der Waals surface area contributed by atoms with Crippen LogP contribution in [0.1, 0.15) is 43.5 Å². The highest BCUT2D eigenvalue weighted by Crippen LogP contribution is 2.43. The van der Waals surface area contributed by atoms with Crippen LogP contribution >= 0.6 is 0 Å². The summed E-state index contributed by atoms with van der Waals surface area (Å²) in [5.74, 6) is -0.225. The van der Waals surface area contributed by atoms with E-state index in [2.05, 4.69) is 61.6 Å². The highest BCUT2D eigenvalue weighted by atomic mass is 28.4. The van der Waals surface area contributed by atoms with E-state index in [-0.39, 0.29) is 16.9 Å². The number of benzene rings is 2. The van der Waals surface area contributed by atoms with Crippen LogP contribution < -0.4 is 0 Å². The fourth-order valence-corrected chi connectivity index (χ4v) is 4.54. The highest BCUT2D eigenvalue weighted by molar-refractivity contribution is 6.74. The van der Waals surface area contributed by atoms with E-state index in [9.17, 15) is 4.39 Å². The van der Waals surface area contributed by atoms with Crippen LogP contribution in [-0.4, -0.2) is 17.9 Å². The molecule has 5 heteroatoms. The smallest absolute Gasteiger partial charge is 0.192 e. The van der Waals surface area contributed by atoms with Crippen molar-refractivity contribution in [3.05, 3.63) is 77.5 Å². The monoisotopic (exact) mass is 394 g/mol. The lowest BCUT2D eigenvalue weighted by atomic mass is 9.96. The molecule has 1 atom stereocenters. The second-order valence-electron chi connectivity index (χ2n) is 9.12. The Morgan fingerprint density at radius 3 is 2.64 bits per heavy atom. The summed E-state index contributed by atoms with van der Waals surface area (Å²) < 4.78 is 23.0. The van der Waals surface area contributed by atoms with Crippen molar-refractivity contribution in [3.8, 4) is 11.3 Å². The summed E-state index contributed by atoms with van der Waals surface area (Å²) in [5.41, 5.74) is 5.22. The Balaban J connectivity index is 1.69. The van der Waals surface area contributed by atoms with Crippen LogP contribution in [0.5, 0.6) is 0 Å². The molecule has 0 N–H and O–H groups in total. The zero-order chi connectivity index (χ0) is 20.1. The van der Waals surface area contributed by atoms with Crippen molar-refractivity contribution < 1.29 is 8.82 Å². The summed E-state index contributed by atoms with van der Waals surface area (Å²) >= 11 is 0. The van der Waals surface area contributed by atoms with Gasteiger partial charge in [-0.05, 0) is 47.0 Å². The number of fused-ring (bicyclic) bond motifs is 3. The number of halogens is 1. The second-order valence-corrected chi connectivity index (χ2v) is 13.9. The minimum atomic E-state index is -1.90. The van der Waals surface area contributed by atoms with Crippen molar-refractivity contribution in [1.29, 1.82) is 0 Å². The lowest BCUT2D eigenvalue weighted by molar-refractivity contribution is 0.275. The van der Waals surface area contributed by atoms with Gasteiger partial charge in [0.2, 0.25) is 0 Å². The van der Waals surface area contributed by atoms with Gasteiger partial charge in [0.15, 0.2) is 8.32 Å². The molecule has 3 nitrogen and oxygen atoms in total. The maximum atomic E-state index is 14.5. The SMILES string of the molecule is CC(C)(C)[Si](C)(C)OCc1cc(F)cc(C2c3ccccc3-c3cncn32)c1. The van der Waals surface area contributed by atoms with E-state index in [1.54, 1.807) is 12.1 Å². The van der Waals surface area contributed by atoms with Crippen LogP contribution in [0.15, 0.2) is 55.0 Å². The van der Waals surface area contributed by atoms with E-state index in [1.165, 1.54) is 5.56 Å². The molecule has 0 fully saturated rings. The minimum absolute atomic E-state index is 0.0592. The van der Waals surface area contributed by atoms with E-state index >= 15 is 0 Å². The van der Waals surface area contributed by atoms with Gasteiger partial charge >= 0.3 is 0 Å². The van der Waals surface area contributed by atoms with Crippen molar-refractivity contribution in [1.82, 2.24) is 9.55 Å². The van der Waals surface area contributed by atoms with Crippen LogP contribution in [0.3, 0.4) is 0 Å². The van der Waals surface area contributed by atoms with Gasteiger partial charge in [-0.1, -0.05) is 51.1 Å². The van der Waals surface area contributed by atoms with Crippen molar-refractivity contribution in [3.63, 3.8) is 0 Å². The van der Waals surface area contributed by atoms with Gasteiger partial charge in [-0.2, -0.15) is 0 Å². The van der Waals surface area contributed by atoms with Crippen molar-refractivity contribution in [2.24, 2.45) is 0 Å². The van der Waals surface area contributed by atoms with Gasteiger partial charge in [0, 0.05) is 5.56 Å². The maximum Gasteiger partial charge on any atom is 0.192 e. The molecule has 1 aliphatic heterocycles. The second kappa shape index (κ2) is 6.67. The third-order valence-electron chi connectivity index (χ3n) is 6.18. The third-order valence-corrected chi connectivity index (χ3v) is 10.7. The average Bonchev–Trinajstić information content (AvgIpc) is 3.19. The number of aromatic nitrogens is 2. The fourth-order valence-electron chi connectivity index (χ4n) is 3.57. The number of imidazole rings is 1. The summed E-state index contributed by atoms with van der Waals surface area (Å²) in [7, 11) is -1.90. The molecule has 0 saturated heterocycles. The largest absolute Gasteiger partial charge is 0.413 e. The lowest BCUT2D eigenvalue weighted by Crippen LogP contribution is -2.40. The predicted octanol–water partition coefficient (Wildman–Crippen LogP) is 6.16. The van der Waals surface area contributed by atoms with Crippen LogP contribution in [0.2, 0.25) is 18.1 Å². The van der Waals surface area contributed by atoms with Gasteiger partial charge in [-0.15, -0.1) is 0 Å². The minimum Gasteiger partial charge on any atom is -0.413 e. The normalized spacial score (nSPS) is 16.1. The molecule has 0 bridgehead atoms. The van der Waals surface area contributed by atoms with E-state index in [4.69, 9.17) is 4.43 Å². The van der Waals surface area contributed by atoms with E-state index in [1.807, 2.05) is 24.7 Å². The maximum absolute atomic E-state index is 14.5. The number of hydrogen-bond donors (Lipinski definition) is 0. The first-order chi connectivity index (χ1) is 13.2. The Morgan fingerprint density at radius 1 is 1.14 bits per heavy atom. The molecule has 0 saturated carbocycles. The molecular weight excluding hydrogens is 367 g/mol. The van der Waals surface area contributed by atoms with E-state index in [0.717, 1.165) is 22.4 Å². The first kappa shape index (κ1) is 19.1. The zero-order valence-corrected chi connectivity index (χ0v) is 18.2. The molecule has 1 aromatic heterocycles. The summed E-state index contributed by atoms with van der Waals surface area (Å²) in [6.07, 6.45) is 3.70. The number of hydrogen-bond acceptors (Lipinski definition) is 2. The molecule has 0 radical (unpaired) electrons. The van der Waals surface area contributed by atoms with Crippen molar-refractivity contribution in [2.75, 3.05) is 0 Å². The number of rotatable bonds is 4. The van der Waals surface area contributed by atoms with Crippen LogP contribution in [0, 0.1) is 5.82 Å². The zero-order valence-electron chi connectivity index (χ0n) is 17.2. The van der Waals surface area contributed by atoms with Crippen LogP contribution in [0.25, 0.3) is 11.3 Å². The average molecular weight is 395 g/mol. The fraction of sp³-hybridized carbons (Fsp3) is 0.348. The van der Waals surface area contributed by atoms with Crippen LogP contribution in [0.4, 0.5) is 4.39 Å². The first-order valence-electron chi connectivity index (χ1n) is 9.72. The molecule has 146 valence electrons. The molecule has 2 heterocycles. The molecular formula is C23H27FN2OSi. The molecule has 4 rings (SSSR count). The van der Waals surface area contributed by atoms with Gasteiger partial charge in [-0.3, -0.25) is 0 Å². The van der Waals surface area contributed by atoms with E-state index in [0.29, 0.717) is 6.61 Å². The van der Waals surface area contributed by atoms with Crippen molar-refractivity contribution in [2.45, 2.75) is 51.6 Å². The lowest BCUT2D eigenvalue weighted by Gasteiger charge is -2.36. The standard InChI is InChI=1S/C23H27FN2OSi/c1-23(2,3)28(4,5)27-14-16-10-17(12-18(24)11-16)22-20-9-7-6-8-19(20)21-13-25-15-26(21)22/h6-13,15,22H,14H2,1-5H3. The van der Waals surface area contributed by atoms with Gasteiger partial charge in [-0.25, -0.2) is 9.37 Å². The molecule has 0 aliphatic carbocycles. The Hall–Kier alpha value is -2.24. The number of nitrogens with zero attached hydrogens (tertiary/aromatic N) is 2. The van der Waals surface area contributed by atoms with Gasteiger partial charge in [0.1, 0.15) is 5.82 Å². The summed E-state index contributed by atoms with van der Waals surface area (Å²) in [6, 6.07) is 13.5. The summed E-state index contributed by atoms with van der Waals surface area (Å²) in [5, 5.41) is 0.124. The molecule has 3 aromatic rings. The van der Waals surface area contributed by atoms with Gasteiger partial charge < -0.3 is 8.99 Å². The van der Waals surface area contributed by atoms with Crippen molar-refractivity contribution >= 4 is 8.32 Å². The Morgan fingerprint density at radius 2 is 1.89 bits per heavy atom. The van der Waals surface area contributed by atoms with Crippen LogP contribution in [-0.2, 0) is 11.0 Å². The topological polar surface area (TPSA) is 27.1 Å². The first-order valence-corrected chi connectivity index (χ1v) is 12.6. The summed E-state index contributed by atoms with van der Waals surface area (Å²) in [4.78, 5) is 4.31. The molecule has 0 amide bonds. The van der Waals surface area contributed by atoms with E-state index < -0.39 is 8.32 Å². The molecule has 28 heavy (non-hydrogen) atoms. The molecule has 2 aromatic carbocycles.